The molecule has 1 saturated carbocycles. The first-order chi connectivity index (χ1) is 10.7. The van der Waals surface area contributed by atoms with Crippen LogP contribution in [0.15, 0.2) is 23.3 Å². The molecule has 1 aliphatic carbocycles. The third kappa shape index (κ3) is 4.61. The van der Waals surface area contributed by atoms with E-state index in [0.717, 1.165) is 42.9 Å². The van der Waals surface area contributed by atoms with E-state index in [-0.39, 0.29) is 0 Å². The summed E-state index contributed by atoms with van der Waals surface area (Å²) in [5, 5.41) is 6.77. The molecule has 1 aliphatic rings. The molecule has 0 aliphatic heterocycles. The van der Waals surface area contributed by atoms with Gasteiger partial charge in [-0.25, -0.2) is 9.98 Å². The van der Waals surface area contributed by atoms with Crippen molar-refractivity contribution < 1.29 is 0 Å². The van der Waals surface area contributed by atoms with E-state index in [1.54, 1.807) is 0 Å². The fraction of sp³-hybridized carbons (Fsp3) is 0.647. The van der Waals surface area contributed by atoms with E-state index in [1.165, 1.54) is 6.42 Å². The van der Waals surface area contributed by atoms with Gasteiger partial charge in [-0.2, -0.15) is 0 Å². The fourth-order valence-electron chi connectivity index (χ4n) is 2.43. The van der Waals surface area contributed by atoms with Gasteiger partial charge in [0.25, 0.3) is 0 Å². The lowest BCUT2D eigenvalue weighted by Crippen LogP contribution is -2.39. The predicted molar refractivity (Wildman–Crippen MR) is 93.3 cm³/mol. The van der Waals surface area contributed by atoms with Gasteiger partial charge >= 0.3 is 0 Å². The number of aliphatic imine (C=N–C) groups is 1. The molecule has 0 radical (unpaired) electrons. The highest BCUT2D eigenvalue weighted by atomic mass is 15.2. The number of anilines is 1. The molecule has 0 aromatic carbocycles. The number of aromatic nitrogens is 1. The van der Waals surface area contributed by atoms with Crippen LogP contribution in [-0.4, -0.2) is 36.6 Å². The molecule has 1 fully saturated rings. The van der Waals surface area contributed by atoms with Crippen molar-refractivity contribution in [3.8, 4) is 0 Å². The van der Waals surface area contributed by atoms with E-state index in [4.69, 9.17) is 0 Å². The Balaban J connectivity index is 1.94. The molecule has 0 amide bonds. The number of rotatable bonds is 7. The smallest absolute Gasteiger partial charge is 0.191 e. The van der Waals surface area contributed by atoms with Gasteiger partial charge in [-0.15, -0.1) is 0 Å². The van der Waals surface area contributed by atoms with Crippen LogP contribution in [0.1, 0.15) is 39.7 Å². The average Bonchev–Trinajstić information content (AvgIpc) is 3.22. The van der Waals surface area contributed by atoms with Crippen molar-refractivity contribution in [2.24, 2.45) is 10.9 Å². The maximum Gasteiger partial charge on any atom is 0.191 e. The van der Waals surface area contributed by atoms with Gasteiger partial charge in [0.1, 0.15) is 5.82 Å². The largest absolute Gasteiger partial charge is 0.357 e. The second-order valence-electron chi connectivity index (χ2n) is 5.86. The Kier molecular flexibility index (Phi) is 6.04. The molecule has 0 bridgehead atoms. The summed E-state index contributed by atoms with van der Waals surface area (Å²) >= 11 is 0. The van der Waals surface area contributed by atoms with Gasteiger partial charge in [-0.1, -0.05) is 13.0 Å². The van der Waals surface area contributed by atoms with E-state index >= 15 is 0 Å². The normalized spacial score (nSPS) is 20.6. The van der Waals surface area contributed by atoms with Crippen molar-refractivity contribution >= 4 is 11.8 Å². The van der Waals surface area contributed by atoms with Gasteiger partial charge in [-0.05, 0) is 44.7 Å². The average molecular weight is 303 g/mol. The summed E-state index contributed by atoms with van der Waals surface area (Å²) in [6.45, 7) is 12.1. The number of guanidine groups is 1. The summed E-state index contributed by atoms with van der Waals surface area (Å²) < 4.78 is 0. The molecule has 5 heteroatoms. The zero-order chi connectivity index (χ0) is 15.9. The quantitative estimate of drug-likeness (QED) is 0.600. The zero-order valence-electron chi connectivity index (χ0n) is 14.3. The Hall–Kier alpha value is -1.78. The van der Waals surface area contributed by atoms with Gasteiger partial charge < -0.3 is 15.5 Å². The third-order valence-corrected chi connectivity index (χ3v) is 4.09. The number of pyridine rings is 1. The van der Waals surface area contributed by atoms with Crippen molar-refractivity contribution in [2.45, 2.75) is 46.7 Å². The van der Waals surface area contributed by atoms with Crippen LogP contribution in [0.3, 0.4) is 0 Å². The molecule has 5 nitrogen and oxygen atoms in total. The minimum Gasteiger partial charge on any atom is -0.357 e. The number of hydrogen-bond donors (Lipinski definition) is 2. The summed E-state index contributed by atoms with van der Waals surface area (Å²) in [7, 11) is 0. The summed E-state index contributed by atoms with van der Waals surface area (Å²) in [6, 6.07) is 4.79. The Morgan fingerprint density at radius 2 is 2.05 bits per heavy atom. The van der Waals surface area contributed by atoms with Gasteiger partial charge in [0.2, 0.25) is 0 Å². The predicted octanol–water partition coefficient (Wildman–Crippen LogP) is 2.39. The van der Waals surface area contributed by atoms with Crippen molar-refractivity contribution in [1.29, 1.82) is 0 Å². The maximum absolute atomic E-state index is 4.65. The summed E-state index contributed by atoms with van der Waals surface area (Å²) in [4.78, 5) is 11.4. The van der Waals surface area contributed by atoms with Crippen molar-refractivity contribution in [1.82, 2.24) is 15.6 Å². The van der Waals surface area contributed by atoms with Crippen LogP contribution in [0.5, 0.6) is 0 Å². The Labute approximate surface area is 134 Å². The lowest BCUT2D eigenvalue weighted by atomic mass is 10.3. The van der Waals surface area contributed by atoms with Gasteiger partial charge in [0.05, 0.1) is 6.54 Å². The highest BCUT2D eigenvalue weighted by Crippen LogP contribution is 2.28. The van der Waals surface area contributed by atoms with Crippen molar-refractivity contribution in [3.63, 3.8) is 0 Å². The second kappa shape index (κ2) is 8.01. The van der Waals surface area contributed by atoms with Crippen LogP contribution in [0.2, 0.25) is 0 Å². The highest BCUT2D eigenvalue weighted by Gasteiger charge is 2.33. The number of hydrogen-bond acceptors (Lipinski definition) is 3. The molecular formula is C17H29N5. The second-order valence-corrected chi connectivity index (χ2v) is 5.86. The Bertz CT molecular complexity index is 478. The van der Waals surface area contributed by atoms with Crippen LogP contribution < -0.4 is 15.5 Å². The van der Waals surface area contributed by atoms with Crippen molar-refractivity contribution in [2.75, 3.05) is 24.5 Å². The third-order valence-electron chi connectivity index (χ3n) is 4.09. The first kappa shape index (κ1) is 16.6. The van der Waals surface area contributed by atoms with Crippen LogP contribution in [0.25, 0.3) is 0 Å². The lowest BCUT2D eigenvalue weighted by molar-refractivity contribution is 0.766. The highest BCUT2D eigenvalue weighted by molar-refractivity contribution is 5.80. The Morgan fingerprint density at radius 3 is 2.55 bits per heavy atom. The maximum atomic E-state index is 4.65. The van der Waals surface area contributed by atoms with Gasteiger partial charge in [-0.3, -0.25) is 0 Å². The fourth-order valence-corrected chi connectivity index (χ4v) is 2.43. The molecule has 1 heterocycles. The molecule has 0 spiro atoms. The standard InChI is InChI=1S/C17H29N5/c1-5-18-17(21-15-10-13(15)4)20-12-14-8-9-16(19-11-14)22(6-2)7-3/h8-9,11,13,15H,5-7,10,12H2,1-4H3,(H2,18,20,21). The van der Waals surface area contributed by atoms with Crippen LogP contribution in [0.4, 0.5) is 5.82 Å². The number of nitrogens with zero attached hydrogens (tertiary/aromatic N) is 3. The molecule has 2 atom stereocenters. The number of nitrogens with one attached hydrogen (secondary N) is 2. The minimum atomic E-state index is 0.584. The molecular weight excluding hydrogens is 274 g/mol. The zero-order valence-corrected chi connectivity index (χ0v) is 14.3. The van der Waals surface area contributed by atoms with E-state index in [1.807, 2.05) is 6.20 Å². The molecule has 2 N–H and O–H groups in total. The van der Waals surface area contributed by atoms with E-state index < -0.39 is 0 Å². The molecule has 2 rings (SSSR count). The molecule has 0 saturated heterocycles. The summed E-state index contributed by atoms with van der Waals surface area (Å²) in [6.07, 6.45) is 3.17. The lowest BCUT2D eigenvalue weighted by Gasteiger charge is -2.19. The molecule has 122 valence electrons. The Morgan fingerprint density at radius 1 is 1.32 bits per heavy atom. The molecule has 1 aromatic heterocycles. The first-order valence-electron chi connectivity index (χ1n) is 8.42. The van der Waals surface area contributed by atoms with Crippen LogP contribution >= 0.6 is 0 Å². The van der Waals surface area contributed by atoms with E-state index in [9.17, 15) is 0 Å². The summed E-state index contributed by atoms with van der Waals surface area (Å²) in [5.41, 5.74) is 1.14. The topological polar surface area (TPSA) is 52.6 Å². The van der Waals surface area contributed by atoms with Gasteiger partial charge in [0.15, 0.2) is 5.96 Å². The molecule has 2 unspecified atom stereocenters. The van der Waals surface area contributed by atoms with E-state index in [0.29, 0.717) is 12.6 Å². The van der Waals surface area contributed by atoms with Gasteiger partial charge in [0, 0.05) is 31.9 Å². The first-order valence-corrected chi connectivity index (χ1v) is 8.42. The van der Waals surface area contributed by atoms with Crippen molar-refractivity contribution in [3.05, 3.63) is 23.9 Å². The van der Waals surface area contributed by atoms with E-state index in [2.05, 4.69) is 65.3 Å². The monoisotopic (exact) mass is 303 g/mol. The summed E-state index contributed by atoms with van der Waals surface area (Å²) in [5.74, 6) is 2.71. The molecule has 22 heavy (non-hydrogen) atoms. The van der Waals surface area contributed by atoms with Crippen LogP contribution in [-0.2, 0) is 6.54 Å². The molecule has 1 aromatic rings. The SMILES string of the molecule is CCNC(=NCc1ccc(N(CC)CC)nc1)NC1CC1C. The minimum absolute atomic E-state index is 0.584. The van der Waals surface area contributed by atoms with Crippen LogP contribution in [0, 0.1) is 5.92 Å².